The summed E-state index contributed by atoms with van der Waals surface area (Å²) in [5.74, 6) is -0.276. The van der Waals surface area contributed by atoms with E-state index in [0.29, 0.717) is 23.6 Å². The molecule has 1 aromatic carbocycles. The molecule has 2 rings (SSSR count). The third kappa shape index (κ3) is 2.70. The van der Waals surface area contributed by atoms with Crippen molar-refractivity contribution in [3.05, 3.63) is 29.8 Å². The number of halogens is 1. The number of amides is 1. The lowest BCUT2D eigenvalue weighted by atomic mass is 10.0. The van der Waals surface area contributed by atoms with Crippen molar-refractivity contribution in [1.82, 2.24) is 5.12 Å². The van der Waals surface area contributed by atoms with Gasteiger partial charge in [0.05, 0.1) is 17.8 Å². The van der Waals surface area contributed by atoms with Crippen molar-refractivity contribution in [2.24, 2.45) is 10.9 Å². The predicted molar refractivity (Wildman–Crippen MR) is 65.1 cm³/mol. The lowest BCUT2D eigenvalue weighted by Gasteiger charge is -2.17. The topological polar surface area (TPSA) is 32.7 Å². The maximum atomic E-state index is 13.6. The minimum absolute atomic E-state index is 0.141. The Morgan fingerprint density at radius 2 is 2.18 bits per heavy atom. The smallest absolute Gasteiger partial charge is 0.266 e. The zero-order chi connectivity index (χ0) is 12.3. The second-order valence-electron chi connectivity index (χ2n) is 4.35. The average Bonchev–Trinajstić information content (AvgIpc) is 2.35. The SMILES string of the molecule is CC1C/C=N\c2ccccc2C(=O)N(F)CC1. The highest BCUT2D eigenvalue weighted by Crippen LogP contribution is 2.22. The first-order chi connectivity index (χ1) is 8.18. The van der Waals surface area contributed by atoms with Crippen molar-refractivity contribution in [3.8, 4) is 0 Å². The van der Waals surface area contributed by atoms with E-state index in [9.17, 15) is 9.28 Å². The monoisotopic (exact) mass is 234 g/mol. The van der Waals surface area contributed by atoms with Crippen LogP contribution in [-0.2, 0) is 0 Å². The van der Waals surface area contributed by atoms with E-state index in [4.69, 9.17) is 0 Å². The number of rotatable bonds is 0. The number of benzene rings is 1. The fourth-order valence-corrected chi connectivity index (χ4v) is 1.78. The molecule has 1 amide bonds. The molecule has 0 aromatic heterocycles. The van der Waals surface area contributed by atoms with Gasteiger partial charge in [0, 0.05) is 6.21 Å². The quantitative estimate of drug-likeness (QED) is 0.635. The molecular weight excluding hydrogens is 219 g/mol. The third-order valence-corrected chi connectivity index (χ3v) is 2.91. The fourth-order valence-electron chi connectivity index (χ4n) is 1.78. The summed E-state index contributed by atoms with van der Waals surface area (Å²) in [5.41, 5.74) is 0.857. The van der Waals surface area contributed by atoms with Crippen LogP contribution < -0.4 is 0 Å². The molecular formula is C13H15FN2O. The van der Waals surface area contributed by atoms with Crippen LogP contribution in [0.4, 0.5) is 10.2 Å². The van der Waals surface area contributed by atoms with Gasteiger partial charge in [-0.15, -0.1) is 0 Å². The van der Waals surface area contributed by atoms with Gasteiger partial charge in [-0.1, -0.05) is 23.5 Å². The highest BCUT2D eigenvalue weighted by Gasteiger charge is 2.19. The molecule has 3 nitrogen and oxygen atoms in total. The van der Waals surface area contributed by atoms with Gasteiger partial charge >= 0.3 is 0 Å². The first kappa shape index (κ1) is 11.8. The number of carbonyl (C=O) groups excluding carboxylic acids is 1. The van der Waals surface area contributed by atoms with Crippen LogP contribution in [-0.4, -0.2) is 23.8 Å². The summed E-state index contributed by atoms with van der Waals surface area (Å²) < 4.78 is 13.6. The lowest BCUT2D eigenvalue weighted by molar-refractivity contribution is 0.0172. The zero-order valence-electron chi connectivity index (χ0n) is 9.77. The zero-order valence-corrected chi connectivity index (χ0v) is 9.77. The molecule has 0 aliphatic carbocycles. The van der Waals surface area contributed by atoms with E-state index in [2.05, 4.69) is 4.99 Å². The maximum Gasteiger partial charge on any atom is 0.283 e. The summed E-state index contributed by atoms with van der Waals surface area (Å²) in [6, 6.07) is 6.84. The minimum Gasteiger partial charge on any atom is -0.266 e. The van der Waals surface area contributed by atoms with Gasteiger partial charge in [0.25, 0.3) is 5.91 Å². The first-order valence-corrected chi connectivity index (χ1v) is 5.77. The molecule has 1 heterocycles. The summed E-state index contributed by atoms with van der Waals surface area (Å²) in [4.78, 5) is 16.1. The van der Waals surface area contributed by atoms with E-state index in [1.165, 1.54) is 0 Å². The molecule has 1 aliphatic heterocycles. The molecule has 1 atom stereocenters. The van der Waals surface area contributed by atoms with Crippen molar-refractivity contribution in [2.75, 3.05) is 6.54 Å². The molecule has 0 saturated heterocycles. The van der Waals surface area contributed by atoms with Gasteiger partial charge in [-0.25, -0.2) is 0 Å². The van der Waals surface area contributed by atoms with Crippen molar-refractivity contribution in [3.63, 3.8) is 0 Å². The van der Waals surface area contributed by atoms with Crippen LogP contribution in [0.25, 0.3) is 0 Å². The van der Waals surface area contributed by atoms with E-state index < -0.39 is 5.91 Å². The molecule has 1 unspecified atom stereocenters. The number of carbonyl (C=O) groups is 1. The second-order valence-corrected chi connectivity index (χ2v) is 4.35. The van der Waals surface area contributed by atoms with Crippen LogP contribution in [0.3, 0.4) is 0 Å². The number of fused-ring (bicyclic) bond motifs is 1. The first-order valence-electron chi connectivity index (χ1n) is 5.77. The van der Waals surface area contributed by atoms with Gasteiger partial charge in [-0.05, 0) is 30.9 Å². The van der Waals surface area contributed by atoms with Crippen LogP contribution in [0.15, 0.2) is 29.3 Å². The van der Waals surface area contributed by atoms with Gasteiger partial charge < -0.3 is 0 Å². The van der Waals surface area contributed by atoms with Crippen LogP contribution in [0.5, 0.6) is 0 Å². The summed E-state index contributed by atoms with van der Waals surface area (Å²) >= 11 is 0. The average molecular weight is 234 g/mol. The Balaban J connectivity index is 2.38. The molecule has 0 radical (unpaired) electrons. The molecule has 90 valence electrons. The summed E-state index contributed by atoms with van der Waals surface area (Å²) in [5, 5.41) is 0.288. The van der Waals surface area contributed by atoms with Gasteiger partial charge in [-0.2, -0.15) is 5.12 Å². The number of aliphatic imine (C=N–C) groups is 1. The Hall–Kier alpha value is -1.71. The highest BCUT2D eigenvalue weighted by atomic mass is 19.2. The van der Waals surface area contributed by atoms with Crippen molar-refractivity contribution >= 4 is 17.8 Å². The molecule has 4 heteroatoms. The molecule has 0 bridgehead atoms. The molecule has 0 fully saturated rings. The largest absolute Gasteiger partial charge is 0.283 e. The Bertz CT molecular complexity index is 445. The van der Waals surface area contributed by atoms with Crippen LogP contribution >= 0.6 is 0 Å². The van der Waals surface area contributed by atoms with E-state index in [1.807, 2.05) is 13.1 Å². The number of hydrogen-bond donors (Lipinski definition) is 0. The van der Waals surface area contributed by atoms with E-state index in [1.54, 1.807) is 24.3 Å². The molecule has 17 heavy (non-hydrogen) atoms. The van der Waals surface area contributed by atoms with E-state index in [-0.39, 0.29) is 11.7 Å². The molecule has 1 aliphatic rings. The molecule has 0 spiro atoms. The van der Waals surface area contributed by atoms with Gasteiger partial charge in [0.15, 0.2) is 0 Å². The number of para-hydroxylation sites is 1. The Kier molecular flexibility index (Phi) is 3.52. The molecule has 1 aromatic rings. The number of hydrogen-bond acceptors (Lipinski definition) is 2. The van der Waals surface area contributed by atoms with Gasteiger partial charge in [-0.3, -0.25) is 9.79 Å². The summed E-state index contributed by atoms with van der Waals surface area (Å²) in [6.07, 6.45) is 3.26. The van der Waals surface area contributed by atoms with Gasteiger partial charge in [0.2, 0.25) is 0 Å². The predicted octanol–water partition coefficient (Wildman–Crippen LogP) is 3.15. The van der Waals surface area contributed by atoms with Crippen molar-refractivity contribution < 1.29 is 9.28 Å². The lowest BCUT2D eigenvalue weighted by Crippen LogP contribution is -2.25. The van der Waals surface area contributed by atoms with Crippen molar-refractivity contribution in [1.29, 1.82) is 0 Å². The van der Waals surface area contributed by atoms with E-state index >= 15 is 0 Å². The summed E-state index contributed by atoms with van der Waals surface area (Å²) in [7, 11) is 0. The molecule has 0 saturated carbocycles. The summed E-state index contributed by atoms with van der Waals surface area (Å²) in [6.45, 7) is 2.17. The third-order valence-electron chi connectivity index (χ3n) is 2.91. The molecule has 0 N–H and O–H groups in total. The van der Waals surface area contributed by atoms with E-state index in [0.717, 1.165) is 6.42 Å². The second kappa shape index (κ2) is 5.08. The van der Waals surface area contributed by atoms with Crippen molar-refractivity contribution in [2.45, 2.75) is 19.8 Å². The van der Waals surface area contributed by atoms with Crippen LogP contribution in [0, 0.1) is 5.92 Å². The normalized spacial score (nSPS) is 23.1. The number of nitrogens with zero attached hydrogens (tertiary/aromatic N) is 2. The Morgan fingerprint density at radius 1 is 1.41 bits per heavy atom. The van der Waals surface area contributed by atoms with Gasteiger partial charge in [0.1, 0.15) is 0 Å². The van der Waals surface area contributed by atoms with Crippen LogP contribution in [0.1, 0.15) is 30.1 Å². The van der Waals surface area contributed by atoms with Crippen LogP contribution in [0.2, 0.25) is 0 Å². The highest BCUT2D eigenvalue weighted by molar-refractivity contribution is 5.98. The Labute approximate surface area is 99.9 Å². The fraction of sp³-hybridized carbons (Fsp3) is 0.385. The maximum absolute atomic E-state index is 13.6. The minimum atomic E-state index is -0.605. The standard InChI is InChI=1S/C13H15FN2O/c1-10-6-8-15-12-5-3-2-4-11(12)13(17)16(14)9-7-10/h2-5,8,10H,6-7,9H2,1H3/b15-8-. The Morgan fingerprint density at radius 3 is 3.00 bits per heavy atom.